The Kier molecular flexibility index (Phi) is 2.63. The van der Waals surface area contributed by atoms with Crippen LogP contribution in [0.4, 0.5) is 5.82 Å². The zero-order valence-corrected chi connectivity index (χ0v) is 10.5. The van der Waals surface area contributed by atoms with Gasteiger partial charge in [-0.2, -0.15) is 9.50 Å². The second-order valence-electron chi connectivity index (χ2n) is 4.32. The van der Waals surface area contributed by atoms with Gasteiger partial charge in [0.25, 0.3) is 5.78 Å². The Balaban J connectivity index is 2.17. The van der Waals surface area contributed by atoms with E-state index in [4.69, 9.17) is 11.6 Å². The highest BCUT2D eigenvalue weighted by Crippen LogP contribution is 2.21. The molecule has 0 atom stereocenters. The lowest BCUT2D eigenvalue weighted by Gasteiger charge is -2.18. The summed E-state index contributed by atoms with van der Waals surface area (Å²) < 4.78 is 1.80. The fourth-order valence-corrected chi connectivity index (χ4v) is 2.35. The molecule has 5 nitrogen and oxygen atoms in total. The lowest BCUT2D eigenvalue weighted by Crippen LogP contribution is -2.21. The van der Waals surface area contributed by atoms with E-state index >= 15 is 0 Å². The van der Waals surface area contributed by atoms with Crippen LogP contribution in [0.1, 0.15) is 24.4 Å². The van der Waals surface area contributed by atoms with Crippen LogP contribution < -0.4 is 4.90 Å². The Morgan fingerprint density at radius 2 is 2.06 bits per heavy atom. The molecule has 1 saturated heterocycles. The number of hydrogen-bond acceptors (Lipinski definition) is 4. The van der Waals surface area contributed by atoms with E-state index in [2.05, 4.69) is 26.0 Å². The fourth-order valence-electron chi connectivity index (χ4n) is 2.24. The number of anilines is 1. The minimum atomic E-state index is 0.321. The topological polar surface area (TPSA) is 46.3 Å². The minimum Gasteiger partial charge on any atom is -0.356 e. The molecule has 90 valence electrons. The molecule has 17 heavy (non-hydrogen) atoms. The van der Waals surface area contributed by atoms with Crippen molar-refractivity contribution in [3.63, 3.8) is 0 Å². The number of nitrogens with zero attached hydrogens (tertiary/aromatic N) is 5. The molecule has 0 spiro atoms. The molecular weight excluding hydrogens is 238 g/mol. The Bertz CT molecular complexity index is 544. The van der Waals surface area contributed by atoms with Crippen molar-refractivity contribution in [2.45, 2.75) is 25.6 Å². The van der Waals surface area contributed by atoms with Crippen LogP contribution >= 0.6 is 11.6 Å². The third-order valence-corrected chi connectivity index (χ3v) is 3.25. The lowest BCUT2D eigenvalue weighted by atomic mass is 10.4. The van der Waals surface area contributed by atoms with Gasteiger partial charge >= 0.3 is 0 Å². The van der Waals surface area contributed by atoms with Crippen molar-refractivity contribution in [3.05, 3.63) is 17.6 Å². The summed E-state index contributed by atoms with van der Waals surface area (Å²) in [5.41, 5.74) is 0.966. The van der Waals surface area contributed by atoms with Crippen molar-refractivity contribution in [1.29, 1.82) is 0 Å². The second-order valence-corrected chi connectivity index (χ2v) is 4.59. The molecule has 1 aliphatic heterocycles. The van der Waals surface area contributed by atoms with Gasteiger partial charge in [-0.3, -0.25) is 0 Å². The number of hydrogen-bond donors (Lipinski definition) is 0. The summed E-state index contributed by atoms with van der Waals surface area (Å²) in [7, 11) is 0. The highest BCUT2D eigenvalue weighted by Gasteiger charge is 2.18. The standard InChI is InChI=1S/C11H14ClN5/c1-8-6-10(16-4-2-3-5-16)17-11(13-8)14-9(7-12)15-17/h6H,2-5,7H2,1H3. The van der Waals surface area contributed by atoms with Crippen molar-refractivity contribution < 1.29 is 0 Å². The van der Waals surface area contributed by atoms with Crippen LogP contribution in [0.2, 0.25) is 0 Å². The molecule has 0 bridgehead atoms. The predicted molar refractivity (Wildman–Crippen MR) is 66.5 cm³/mol. The van der Waals surface area contributed by atoms with Crippen LogP contribution in [0.25, 0.3) is 5.78 Å². The molecule has 1 fully saturated rings. The summed E-state index contributed by atoms with van der Waals surface area (Å²) in [4.78, 5) is 11.0. The number of halogens is 1. The average molecular weight is 252 g/mol. The molecule has 0 N–H and O–H groups in total. The third kappa shape index (κ3) is 1.84. The van der Waals surface area contributed by atoms with E-state index in [-0.39, 0.29) is 0 Å². The van der Waals surface area contributed by atoms with E-state index in [0.717, 1.165) is 24.6 Å². The molecule has 0 radical (unpaired) electrons. The maximum absolute atomic E-state index is 5.77. The Labute approximate surface area is 104 Å². The molecule has 0 aliphatic carbocycles. The van der Waals surface area contributed by atoms with Gasteiger partial charge in [-0.25, -0.2) is 4.98 Å². The summed E-state index contributed by atoms with van der Waals surface area (Å²) in [6.45, 7) is 4.14. The van der Waals surface area contributed by atoms with Crippen molar-refractivity contribution in [1.82, 2.24) is 19.6 Å². The highest BCUT2D eigenvalue weighted by molar-refractivity contribution is 6.16. The van der Waals surface area contributed by atoms with Gasteiger partial charge in [-0.1, -0.05) is 0 Å². The second kappa shape index (κ2) is 4.14. The number of alkyl halides is 1. The summed E-state index contributed by atoms with van der Waals surface area (Å²) in [5, 5.41) is 4.39. The number of aryl methyl sites for hydroxylation is 1. The van der Waals surface area contributed by atoms with Crippen molar-refractivity contribution >= 4 is 23.2 Å². The van der Waals surface area contributed by atoms with Gasteiger partial charge in [-0.05, 0) is 19.8 Å². The molecule has 0 amide bonds. The Morgan fingerprint density at radius 1 is 1.29 bits per heavy atom. The number of rotatable bonds is 2. The predicted octanol–water partition coefficient (Wildman–Crippen LogP) is 1.77. The quantitative estimate of drug-likeness (QED) is 0.764. The number of fused-ring (bicyclic) bond motifs is 1. The van der Waals surface area contributed by atoms with E-state index in [0.29, 0.717) is 17.5 Å². The Hall–Kier alpha value is -1.36. The first kappa shape index (κ1) is 10.8. The van der Waals surface area contributed by atoms with Gasteiger partial charge in [0.05, 0.1) is 5.88 Å². The van der Waals surface area contributed by atoms with E-state index in [9.17, 15) is 0 Å². The SMILES string of the molecule is Cc1cc(N2CCCC2)n2nc(CCl)nc2n1. The van der Waals surface area contributed by atoms with Crippen LogP contribution in [-0.2, 0) is 5.88 Å². The van der Waals surface area contributed by atoms with Crippen LogP contribution in [0.3, 0.4) is 0 Å². The lowest BCUT2D eigenvalue weighted by molar-refractivity contribution is 0.835. The monoisotopic (exact) mass is 251 g/mol. The van der Waals surface area contributed by atoms with Crippen LogP contribution in [0.5, 0.6) is 0 Å². The fraction of sp³-hybridized carbons (Fsp3) is 0.545. The van der Waals surface area contributed by atoms with Gasteiger partial charge in [0.15, 0.2) is 5.82 Å². The first-order valence-corrected chi connectivity index (χ1v) is 6.35. The molecule has 6 heteroatoms. The molecule has 0 unspecified atom stereocenters. The summed E-state index contributed by atoms with van der Waals surface area (Å²) in [6, 6.07) is 2.06. The maximum Gasteiger partial charge on any atom is 0.254 e. The zero-order valence-electron chi connectivity index (χ0n) is 9.73. The van der Waals surface area contributed by atoms with Crippen LogP contribution in [0, 0.1) is 6.92 Å². The molecule has 2 aromatic rings. The maximum atomic E-state index is 5.77. The molecule has 3 heterocycles. The normalized spacial score (nSPS) is 16.0. The summed E-state index contributed by atoms with van der Waals surface area (Å²) >= 11 is 5.77. The van der Waals surface area contributed by atoms with Gasteiger partial charge in [0.2, 0.25) is 0 Å². The van der Waals surface area contributed by atoms with Gasteiger partial charge in [0, 0.05) is 24.8 Å². The molecule has 2 aromatic heterocycles. The molecule has 0 aromatic carbocycles. The van der Waals surface area contributed by atoms with Crippen LogP contribution in [-0.4, -0.2) is 32.7 Å². The smallest absolute Gasteiger partial charge is 0.254 e. The van der Waals surface area contributed by atoms with E-state index in [1.165, 1.54) is 12.8 Å². The zero-order chi connectivity index (χ0) is 11.8. The van der Waals surface area contributed by atoms with E-state index in [1.54, 1.807) is 4.52 Å². The first-order chi connectivity index (χ1) is 8.28. The highest BCUT2D eigenvalue weighted by atomic mass is 35.5. The molecule has 0 saturated carbocycles. The number of aromatic nitrogens is 4. The molecular formula is C11H14ClN5. The van der Waals surface area contributed by atoms with Crippen LogP contribution in [0.15, 0.2) is 6.07 Å². The minimum absolute atomic E-state index is 0.321. The van der Waals surface area contributed by atoms with Gasteiger partial charge < -0.3 is 4.90 Å². The molecule has 1 aliphatic rings. The first-order valence-electron chi connectivity index (χ1n) is 5.82. The van der Waals surface area contributed by atoms with Gasteiger partial charge in [0.1, 0.15) is 5.82 Å². The van der Waals surface area contributed by atoms with Gasteiger partial charge in [-0.15, -0.1) is 16.7 Å². The third-order valence-electron chi connectivity index (χ3n) is 3.01. The summed E-state index contributed by atoms with van der Waals surface area (Å²) in [5.74, 6) is 2.67. The van der Waals surface area contributed by atoms with Crippen molar-refractivity contribution in [3.8, 4) is 0 Å². The average Bonchev–Trinajstić information content (AvgIpc) is 2.96. The molecule has 3 rings (SSSR count). The van der Waals surface area contributed by atoms with Crippen molar-refractivity contribution in [2.24, 2.45) is 0 Å². The van der Waals surface area contributed by atoms with Crippen molar-refractivity contribution in [2.75, 3.05) is 18.0 Å². The largest absolute Gasteiger partial charge is 0.356 e. The summed E-state index contributed by atoms with van der Waals surface area (Å²) in [6.07, 6.45) is 2.47. The Morgan fingerprint density at radius 3 is 2.76 bits per heavy atom. The van der Waals surface area contributed by atoms with E-state index < -0.39 is 0 Å². The van der Waals surface area contributed by atoms with E-state index in [1.807, 2.05) is 6.92 Å².